The second-order valence-corrected chi connectivity index (χ2v) is 10.2. The molecule has 0 radical (unpaired) electrons. The van der Waals surface area contributed by atoms with Crippen molar-refractivity contribution in [2.75, 3.05) is 13.2 Å². The maximum absolute atomic E-state index is 12.0. The number of unbranched alkanes of at least 4 members (excludes halogenated alkanes) is 15. The van der Waals surface area contributed by atoms with Crippen molar-refractivity contribution in [3.8, 4) is 0 Å². The van der Waals surface area contributed by atoms with Crippen molar-refractivity contribution in [2.24, 2.45) is 5.92 Å². The van der Waals surface area contributed by atoms with E-state index >= 15 is 0 Å². The van der Waals surface area contributed by atoms with Gasteiger partial charge in [-0.1, -0.05) is 130 Å². The molecule has 1 N–H and O–H groups in total. The van der Waals surface area contributed by atoms with Crippen molar-refractivity contribution in [1.29, 1.82) is 0 Å². The van der Waals surface area contributed by atoms with Crippen LogP contribution in [0.15, 0.2) is 0 Å². The lowest BCUT2D eigenvalue weighted by Gasteiger charge is -2.15. The number of ether oxygens (including phenoxy) is 1. The van der Waals surface area contributed by atoms with Gasteiger partial charge in [-0.3, -0.25) is 9.59 Å². The Hall–Kier alpha value is -1.06. The van der Waals surface area contributed by atoms with E-state index in [0.717, 1.165) is 25.8 Å². The molecule has 0 aromatic rings. The molecular weight excluding hydrogens is 422 g/mol. The lowest BCUT2D eigenvalue weighted by Crippen LogP contribution is -2.29. The molecule has 0 aromatic carbocycles. The van der Waals surface area contributed by atoms with Crippen LogP contribution in [-0.4, -0.2) is 25.0 Å². The average molecular weight is 482 g/mol. The number of carbonyl (C=O) groups excluding carboxylic acids is 2. The molecule has 0 aromatic heterocycles. The summed E-state index contributed by atoms with van der Waals surface area (Å²) in [6, 6.07) is 0. The van der Waals surface area contributed by atoms with Crippen molar-refractivity contribution in [2.45, 2.75) is 162 Å². The van der Waals surface area contributed by atoms with Gasteiger partial charge < -0.3 is 10.1 Å². The summed E-state index contributed by atoms with van der Waals surface area (Å²) < 4.78 is 5.29. The fraction of sp³-hybridized carbons (Fsp3) is 0.933. The Bertz CT molecular complexity index is 452. The molecule has 0 bridgehead atoms. The Morgan fingerprint density at radius 1 is 0.618 bits per heavy atom. The molecular formula is C30H59NO3. The largest absolute Gasteiger partial charge is 0.466 e. The highest BCUT2D eigenvalue weighted by atomic mass is 16.5. The van der Waals surface area contributed by atoms with Gasteiger partial charge in [0.2, 0.25) is 5.91 Å². The molecule has 0 saturated carbocycles. The molecule has 202 valence electrons. The van der Waals surface area contributed by atoms with E-state index in [1.165, 1.54) is 103 Å². The maximum atomic E-state index is 12.0. The zero-order chi connectivity index (χ0) is 25.1. The lowest BCUT2D eigenvalue weighted by atomic mass is 9.99. The summed E-state index contributed by atoms with van der Waals surface area (Å²) in [5.74, 6) is 0.547. The summed E-state index contributed by atoms with van der Waals surface area (Å²) in [7, 11) is 0. The number of nitrogens with one attached hydrogen (secondary N) is 1. The molecule has 4 heteroatoms. The average Bonchev–Trinajstić information content (AvgIpc) is 2.84. The zero-order valence-corrected chi connectivity index (χ0v) is 23.3. The zero-order valence-electron chi connectivity index (χ0n) is 23.3. The van der Waals surface area contributed by atoms with Crippen LogP contribution in [0.4, 0.5) is 0 Å². The van der Waals surface area contributed by atoms with Crippen LogP contribution in [-0.2, 0) is 14.3 Å². The first-order valence-corrected chi connectivity index (χ1v) is 15.1. The Kier molecular flexibility index (Phi) is 25.7. The number of amides is 1. The van der Waals surface area contributed by atoms with Gasteiger partial charge in [0.25, 0.3) is 0 Å². The summed E-state index contributed by atoms with van der Waals surface area (Å²) in [4.78, 5) is 23.8. The van der Waals surface area contributed by atoms with E-state index in [0.29, 0.717) is 31.8 Å². The lowest BCUT2D eigenvalue weighted by molar-refractivity contribution is -0.144. The number of carbonyl (C=O) groups is 2. The quantitative estimate of drug-likeness (QED) is 0.0991. The maximum Gasteiger partial charge on any atom is 0.305 e. The van der Waals surface area contributed by atoms with Crippen LogP contribution in [0.1, 0.15) is 162 Å². The first-order chi connectivity index (χ1) is 16.6. The van der Waals surface area contributed by atoms with Gasteiger partial charge in [0, 0.05) is 19.4 Å². The van der Waals surface area contributed by atoms with Crippen LogP contribution in [0.5, 0.6) is 0 Å². The second kappa shape index (κ2) is 26.5. The van der Waals surface area contributed by atoms with Crippen molar-refractivity contribution < 1.29 is 14.3 Å². The molecule has 0 fully saturated rings. The number of esters is 1. The van der Waals surface area contributed by atoms with Gasteiger partial charge in [-0.15, -0.1) is 0 Å². The second-order valence-electron chi connectivity index (χ2n) is 10.2. The van der Waals surface area contributed by atoms with Crippen LogP contribution >= 0.6 is 0 Å². The van der Waals surface area contributed by atoms with E-state index in [2.05, 4.69) is 26.1 Å². The predicted octanol–water partition coefficient (Wildman–Crippen LogP) is 8.90. The van der Waals surface area contributed by atoms with Gasteiger partial charge in [-0.2, -0.15) is 0 Å². The third kappa shape index (κ3) is 24.1. The van der Waals surface area contributed by atoms with Crippen molar-refractivity contribution in [3.63, 3.8) is 0 Å². The molecule has 0 rings (SSSR count). The molecule has 34 heavy (non-hydrogen) atoms. The number of rotatable bonds is 26. The van der Waals surface area contributed by atoms with Crippen LogP contribution in [0.25, 0.3) is 0 Å². The Labute approximate surface area is 212 Å². The SMILES string of the molecule is CCCCCCCCCCCCCCCCCC(=O)OCCCC(=O)NCC(CC)CCCC. The molecule has 4 nitrogen and oxygen atoms in total. The Balaban J connectivity index is 3.37. The summed E-state index contributed by atoms with van der Waals surface area (Å²) in [5, 5.41) is 3.03. The molecule has 0 aliphatic carbocycles. The van der Waals surface area contributed by atoms with E-state index in [4.69, 9.17) is 4.74 Å². The van der Waals surface area contributed by atoms with Gasteiger partial charge in [-0.25, -0.2) is 0 Å². The monoisotopic (exact) mass is 481 g/mol. The van der Waals surface area contributed by atoms with E-state index in [-0.39, 0.29) is 11.9 Å². The summed E-state index contributed by atoms with van der Waals surface area (Å²) in [6.45, 7) is 7.79. The van der Waals surface area contributed by atoms with E-state index in [9.17, 15) is 9.59 Å². The highest BCUT2D eigenvalue weighted by Gasteiger charge is 2.09. The van der Waals surface area contributed by atoms with Crippen LogP contribution in [0, 0.1) is 5.92 Å². The van der Waals surface area contributed by atoms with Crippen LogP contribution in [0.2, 0.25) is 0 Å². The minimum Gasteiger partial charge on any atom is -0.466 e. The standard InChI is InChI=1S/C30H59NO3/c1-4-7-9-10-11-12-13-14-15-16-17-18-19-20-21-25-30(33)34-26-22-24-29(32)31-27-28(6-3)23-8-5-2/h28H,4-27H2,1-3H3,(H,31,32). The van der Waals surface area contributed by atoms with E-state index in [1.807, 2.05) is 0 Å². The highest BCUT2D eigenvalue weighted by Crippen LogP contribution is 2.14. The topological polar surface area (TPSA) is 55.4 Å². The normalized spacial score (nSPS) is 12.0. The predicted molar refractivity (Wildman–Crippen MR) is 146 cm³/mol. The van der Waals surface area contributed by atoms with E-state index < -0.39 is 0 Å². The molecule has 1 amide bonds. The molecule has 0 heterocycles. The minimum absolute atomic E-state index is 0.0772. The van der Waals surface area contributed by atoms with Gasteiger partial charge in [0.1, 0.15) is 0 Å². The summed E-state index contributed by atoms with van der Waals surface area (Å²) in [6.07, 6.45) is 26.2. The Morgan fingerprint density at radius 2 is 1.12 bits per heavy atom. The third-order valence-corrected chi connectivity index (χ3v) is 6.93. The molecule has 0 aliphatic rings. The molecule has 0 saturated heterocycles. The van der Waals surface area contributed by atoms with Crippen molar-refractivity contribution >= 4 is 11.9 Å². The fourth-order valence-electron chi connectivity index (χ4n) is 4.42. The van der Waals surface area contributed by atoms with Gasteiger partial charge in [0.05, 0.1) is 6.61 Å². The first kappa shape index (κ1) is 32.9. The molecule has 0 spiro atoms. The van der Waals surface area contributed by atoms with E-state index in [1.54, 1.807) is 0 Å². The van der Waals surface area contributed by atoms with Gasteiger partial charge in [-0.05, 0) is 25.2 Å². The number of hydrogen-bond acceptors (Lipinski definition) is 3. The third-order valence-electron chi connectivity index (χ3n) is 6.93. The van der Waals surface area contributed by atoms with Crippen molar-refractivity contribution in [1.82, 2.24) is 5.32 Å². The number of hydrogen-bond donors (Lipinski definition) is 1. The molecule has 1 atom stereocenters. The van der Waals surface area contributed by atoms with Crippen LogP contribution in [0.3, 0.4) is 0 Å². The minimum atomic E-state index is -0.110. The first-order valence-electron chi connectivity index (χ1n) is 15.1. The summed E-state index contributed by atoms with van der Waals surface area (Å²) >= 11 is 0. The molecule has 0 aliphatic heterocycles. The Morgan fingerprint density at radius 3 is 1.62 bits per heavy atom. The summed E-state index contributed by atoms with van der Waals surface area (Å²) in [5.41, 5.74) is 0. The smallest absolute Gasteiger partial charge is 0.305 e. The fourth-order valence-corrected chi connectivity index (χ4v) is 4.42. The molecule has 1 unspecified atom stereocenters. The van der Waals surface area contributed by atoms with Crippen LogP contribution < -0.4 is 5.32 Å². The highest BCUT2D eigenvalue weighted by molar-refractivity contribution is 5.75. The van der Waals surface area contributed by atoms with Crippen molar-refractivity contribution in [3.05, 3.63) is 0 Å². The van der Waals surface area contributed by atoms with Gasteiger partial charge in [0.15, 0.2) is 0 Å². The van der Waals surface area contributed by atoms with Gasteiger partial charge >= 0.3 is 5.97 Å².